The van der Waals surface area contributed by atoms with Crippen LogP contribution in [0.25, 0.3) is 0 Å². The number of benzene rings is 5. The molecule has 0 aliphatic carbocycles. The molecule has 5 aromatic carbocycles. The van der Waals surface area contributed by atoms with Crippen molar-refractivity contribution >= 4 is 48.1 Å². The summed E-state index contributed by atoms with van der Waals surface area (Å²) in [4.78, 5) is 27.7. The van der Waals surface area contributed by atoms with Gasteiger partial charge in [0.25, 0.3) is 8.32 Å². The van der Waals surface area contributed by atoms with E-state index in [-0.39, 0.29) is 17.0 Å². The van der Waals surface area contributed by atoms with Crippen LogP contribution in [0.1, 0.15) is 37.8 Å². The van der Waals surface area contributed by atoms with Crippen LogP contribution < -0.4 is 26.7 Å². The Bertz CT molecular complexity index is 1760. The predicted octanol–water partition coefficient (Wildman–Crippen LogP) is 7.18. The van der Waals surface area contributed by atoms with Crippen LogP contribution in [-0.4, -0.2) is 51.9 Å². The first-order chi connectivity index (χ1) is 24.6. The second-order valence-electron chi connectivity index (χ2n) is 13.4. The monoisotopic (exact) mass is 717 g/mol. The number of alkyl carbamates (subject to hydrolysis) is 1. The summed E-state index contributed by atoms with van der Waals surface area (Å²) >= 11 is 1.56. The Morgan fingerprint density at radius 2 is 1.20 bits per heavy atom. The van der Waals surface area contributed by atoms with Crippen molar-refractivity contribution < 1.29 is 18.8 Å². The minimum atomic E-state index is -2.74. The van der Waals surface area contributed by atoms with E-state index in [0.717, 1.165) is 16.0 Å². The third kappa shape index (κ3) is 9.17. The van der Waals surface area contributed by atoms with Gasteiger partial charge in [0.1, 0.15) is 6.04 Å². The number of thioether (sulfide) groups is 1. The molecule has 51 heavy (non-hydrogen) atoms. The van der Waals surface area contributed by atoms with Crippen molar-refractivity contribution in [2.75, 3.05) is 24.8 Å². The predicted molar refractivity (Wildman–Crippen MR) is 211 cm³/mol. The van der Waals surface area contributed by atoms with Crippen LogP contribution in [0, 0.1) is 0 Å². The molecule has 0 saturated heterocycles. The normalized spacial score (nSPS) is 12.9. The van der Waals surface area contributed by atoms with Crippen molar-refractivity contribution in [1.82, 2.24) is 5.32 Å². The highest BCUT2D eigenvalue weighted by molar-refractivity contribution is 7.99. The van der Waals surface area contributed by atoms with Crippen molar-refractivity contribution in [2.24, 2.45) is 5.73 Å². The molecule has 0 fully saturated rings. The molecule has 0 radical (unpaired) electrons. The van der Waals surface area contributed by atoms with Gasteiger partial charge >= 0.3 is 6.09 Å². The number of amides is 2. The van der Waals surface area contributed by atoms with Gasteiger partial charge in [0.15, 0.2) is 0 Å². The van der Waals surface area contributed by atoms with Crippen LogP contribution in [0.15, 0.2) is 150 Å². The lowest BCUT2D eigenvalue weighted by Gasteiger charge is -2.43. The van der Waals surface area contributed by atoms with E-state index < -0.39 is 26.4 Å². The summed E-state index contributed by atoms with van der Waals surface area (Å²) in [5.41, 5.74) is 9.19. The summed E-state index contributed by atoms with van der Waals surface area (Å²) in [5.74, 6) is -0.283. The van der Waals surface area contributed by atoms with E-state index in [1.807, 2.05) is 97.1 Å². The van der Waals surface area contributed by atoms with Gasteiger partial charge in [-0.3, -0.25) is 4.79 Å². The van der Waals surface area contributed by atoms with Crippen LogP contribution in [0.4, 0.5) is 10.5 Å². The Labute approximate surface area is 307 Å². The zero-order valence-corrected chi connectivity index (χ0v) is 31.4. The Morgan fingerprint density at radius 3 is 1.69 bits per heavy atom. The number of nitrogens with two attached hydrogens (primary N) is 1. The number of carbonyl (C=O) groups is 2. The number of anilines is 1. The van der Waals surface area contributed by atoms with E-state index in [4.69, 9.17) is 14.9 Å². The van der Waals surface area contributed by atoms with E-state index in [1.54, 1.807) is 11.8 Å². The first-order valence-electron chi connectivity index (χ1n) is 17.1. The number of carbonyl (C=O) groups excluding carboxylic acids is 2. The largest absolute Gasteiger partial charge is 0.453 e. The van der Waals surface area contributed by atoms with Gasteiger partial charge in [-0.1, -0.05) is 154 Å². The van der Waals surface area contributed by atoms with E-state index in [0.29, 0.717) is 18.0 Å². The van der Waals surface area contributed by atoms with Crippen molar-refractivity contribution in [2.45, 2.75) is 48.7 Å². The van der Waals surface area contributed by atoms with Crippen LogP contribution in [0.5, 0.6) is 0 Å². The minimum absolute atomic E-state index is 0.161. The number of para-hydroxylation sites is 1. The standard InChI is InChI=1S/C42H47N3O4SSi/c1-42(2,3)51(34-23-13-7-14-24-34,35-25-15-8-16-26-35)49-29-33(43)30-50-37-28-18-17-27-36(37)44-40(46)39(45-41(47)48-4)38(31-19-9-5-10-20-31)32-21-11-6-12-22-32/h5-28,33,38-39H,29-30,43H2,1-4H3,(H,44,46)(H,45,47)/t33-,39+/m1/s1. The van der Waals surface area contributed by atoms with Crippen LogP contribution in [0.2, 0.25) is 5.04 Å². The third-order valence-corrected chi connectivity index (χ3v) is 15.2. The fraction of sp³-hybridized carbons (Fsp3) is 0.238. The molecule has 0 aromatic heterocycles. The second-order valence-corrected chi connectivity index (χ2v) is 18.8. The van der Waals surface area contributed by atoms with E-state index in [1.165, 1.54) is 17.5 Å². The third-order valence-electron chi connectivity index (χ3n) is 8.92. The summed E-state index contributed by atoms with van der Waals surface area (Å²) in [6.07, 6.45) is -0.693. The molecule has 0 spiro atoms. The van der Waals surface area contributed by atoms with Crippen molar-refractivity contribution in [3.8, 4) is 0 Å². The Morgan fingerprint density at radius 1 is 0.725 bits per heavy atom. The van der Waals surface area contributed by atoms with Gasteiger partial charge in [-0.05, 0) is 38.7 Å². The maximum Gasteiger partial charge on any atom is 0.407 e. The number of hydrogen-bond donors (Lipinski definition) is 3. The number of ether oxygens (including phenoxy) is 1. The molecule has 2 amide bonds. The molecule has 0 aliphatic rings. The van der Waals surface area contributed by atoms with Crippen LogP contribution in [0.3, 0.4) is 0 Å². The molecule has 2 atom stereocenters. The number of hydrogen-bond acceptors (Lipinski definition) is 6. The molecule has 5 aromatic rings. The zero-order valence-electron chi connectivity index (χ0n) is 29.6. The maximum atomic E-state index is 14.2. The second kappa shape index (κ2) is 17.5. The summed E-state index contributed by atoms with van der Waals surface area (Å²) in [6, 6.07) is 46.8. The molecule has 0 aliphatic heterocycles. The topological polar surface area (TPSA) is 103 Å². The smallest absolute Gasteiger partial charge is 0.407 e. The lowest BCUT2D eigenvalue weighted by molar-refractivity contribution is -0.118. The van der Waals surface area contributed by atoms with Crippen molar-refractivity contribution in [3.63, 3.8) is 0 Å². The zero-order chi connectivity index (χ0) is 36.3. The van der Waals surface area contributed by atoms with Gasteiger partial charge in [-0.2, -0.15) is 0 Å². The molecule has 0 saturated carbocycles. The van der Waals surface area contributed by atoms with E-state index in [9.17, 15) is 9.59 Å². The van der Waals surface area contributed by atoms with Crippen LogP contribution >= 0.6 is 11.8 Å². The molecule has 0 unspecified atom stereocenters. The summed E-state index contributed by atoms with van der Waals surface area (Å²) in [5, 5.41) is 8.17. The summed E-state index contributed by atoms with van der Waals surface area (Å²) < 4.78 is 12.0. The highest BCUT2D eigenvalue weighted by atomic mass is 32.2. The molecule has 0 bridgehead atoms. The highest BCUT2D eigenvalue weighted by Crippen LogP contribution is 2.37. The van der Waals surface area contributed by atoms with Gasteiger partial charge in [0.2, 0.25) is 5.91 Å². The highest BCUT2D eigenvalue weighted by Gasteiger charge is 2.50. The lowest BCUT2D eigenvalue weighted by Crippen LogP contribution is -2.67. The fourth-order valence-electron chi connectivity index (χ4n) is 6.53. The Balaban J connectivity index is 1.35. The van der Waals surface area contributed by atoms with E-state index in [2.05, 4.69) is 79.9 Å². The van der Waals surface area contributed by atoms with Gasteiger partial charge < -0.3 is 25.5 Å². The van der Waals surface area contributed by atoms with Gasteiger partial charge in [0.05, 0.1) is 19.4 Å². The van der Waals surface area contributed by atoms with E-state index >= 15 is 0 Å². The first kappa shape index (κ1) is 37.6. The average molecular weight is 718 g/mol. The van der Waals surface area contributed by atoms with Crippen molar-refractivity contribution in [1.29, 1.82) is 0 Å². The molecule has 264 valence electrons. The SMILES string of the molecule is COC(=O)N[C@H](C(=O)Nc1ccccc1SC[C@H](N)CO[Si](c1ccccc1)(c1ccccc1)C(C)(C)C)C(c1ccccc1)c1ccccc1. The van der Waals surface area contributed by atoms with Gasteiger partial charge in [-0.15, -0.1) is 11.8 Å². The molecule has 4 N–H and O–H groups in total. The summed E-state index contributed by atoms with van der Waals surface area (Å²) in [7, 11) is -1.45. The van der Waals surface area contributed by atoms with Crippen molar-refractivity contribution in [3.05, 3.63) is 157 Å². The Kier molecular flexibility index (Phi) is 12.9. The fourth-order valence-corrected chi connectivity index (χ4v) is 12.1. The number of rotatable bonds is 14. The average Bonchev–Trinajstić information content (AvgIpc) is 3.15. The quantitative estimate of drug-likeness (QED) is 0.0832. The molecule has 5 rings (SSSR count). The molecule has 9 heteroatoms. The summed E-state index contributed by atoms with van der Waals surface area (Å²) in [6.45, 7) is 7.12. The lowest BCUT2D eigenvalue weighted by atomic mass is 9.84. The Hall–Kier alpha value is -4.67. The van der Waals surface area contributed by atoms with Gasteiger partial charge in [-0.25, -0.2) is 4.79 Å². The molecule has 7 nitrogen and oxygen atoms in total. The number of nitrogens with one attached hydrogen (secondary N) is 2. The molecular weight excluding hydrogens is 671 g/mol. The maximum absolute atomic E-state index is 14.2. The molecule has 0 heterocycles. The number of methoxy groups -OCH3 is 1. The van der Waals surface area contributed by atoms with Crippen LogP contribution in [-0.2, 0) is 14.0 Å². The minimum Gasteiger partial charge on any atom is -0.453 e. The molecular formula is C42H47N3O4SSi. The first-order valence-corrected chi connectivity index (χ1v) is 20.0. The van der Waals surface area contributed by atoms with Gasteiger partial charge in [0, 0.05) is 22.6 Å².